The van der Waals surface area contributed by atoms with Gasteiger partial charge in [-0.1, -0.05) is 181 Å². The summed E-state index contributed by atoms with van der Waals surface area (Å²) in [5.74, 6) is -0.482. The standard InChI is InChI=1S/C48H94NO17P/c1-3-5-7-9-11-13-15-17-18-19-21-23-25-27-29-31-37(52)49-34(38(53)35(51)30-28-26-24-22-20-16-14-12-10-8-6-4-2)33-63-67(61,62)66-47-44(59)42(57)41(56)43(58)46(47)65-48-45(60)40(55)39(54)36(32-50)64-48/h34-36,38-48,50-51,53-60H,3-33H2,1-2H3,(H,49,52)(H,61,62)/t34-,35+,36+,38-,39+,40?,41?,42?,43+,44?,45?,46?,47-,48+/m0/s1. The number of carbonyl (C=O) groups is 1. The highest BCUT2D eigenvalue weighted by atomic mass is 31.2. The number of hydrogen-bond acceptors (Lipinski definition) is 16. The highest BCUT2D eigenvalue weighted by Gasteiger charge is 2.55. The Morgan fingerprint density at radius 1 is 0.567 bits per heavy atom. The fourth-order valence-electron chi connectivity index (χ4n) is 8.95. The Bertz CT molecular complexity index is 1290. The number of nitrogens with one attached hydrogen (secondary N) is 1. The Kier molecular flexibility index (Phi) is 33.5. The molecule has 0 radical (unpaired) electrons. The van der Waals surface area contributed by atoms with Crippen LogP contribution < -0.4 is 5.32 Å². The van der Waals surface area contributed by atoms with Crippen molar-refractivity contribution in [3.8, 4) is 0 Å². The van der Waals surface area contributed by atoms with E-state index in [2.05, 4.69) is 19.2 Å². The minimum Gasteiger partial charge on any atom is -0.394 e. The van der Waals surface area contributed by atoms with E-state index in [4.69, 9.17) is 18.5 Å². The number of carbonyl (C=O) groups excluding carboxylic acids is 1. The van der Waals surface area contributed by atoms with Gasteiger partial charge in [0.15, 0.2) is 6.29 Å². The molecule has 1 aliphatic carbocycles. The van der Waals surface area contributed by atoms with Gasteiger partial charge in [-0.25, -0.2) is 4.57 Å². The fourth-order valence-corrected chi connectivity index (χ4v) is 9.91. The highest BCUT2D eigenvalue weighted by molar-refractivity contribution is 7.47. The molecule has 18 nitrogen and oxygen atoms in total. The molecule has 1 amide bonds. The highest BCUT2D eigenvalue weighted by Crippen LogP contribution is 2.48. The molecule has 0 aromatic rings. The number of phosphoric acid groups is 1. The lowest BCUT2D eigenvalue weighted by atomic mass is 9.84. The number of aliphatic hydroxyl groups is 10. The van der Waals surface area contributed by atoms with Gasteiger partial charge < -0.3 is 70.7 Å². The van der Waals surface area contributed by atoms with Crippen molar-refractivity contribution < 1.29 is 83.8 Å². The van der Waals surface area contributed by atoms with Crippen LogP contribution in [0.4, 0.5) is 0 Å². The number of unbranched alkanes of at least 4 members (excludes halogenated alkanes) is 25. The van der Waals surface area contributed by atoms with E-state index in [1.165, 1.54) is 109 Å². The summed E-state index contributed by atoms with van der Waals surface area (Å²) in [6.45, 7) is 2.71. The monoisotopic (exact) mass is 988 g/mol. The van der Waals surface area contributed by atoms with E-state index in [1.807, 2.05) is 0 Å². The van der Waals surface area contributed by atoms with Gasteiger partial charge in [-0.15, -0.1) is 0 Å². The third-order valence-corrected chi connectivity index (χ3v) is 14.4. The van der Waals surface area contributed by atoms with E-state index < -0.39 is 113 Å². The summed E-state index contributed by atoms with van der Waals surface area (Å²) < 4.78 is 34.7. The minimum atomic E-state index is -5.41. The Hall–Kier alpha value is -0.900. The van der Waals surface area contributed by atoms with Gasteiger partial charge in [-0.2, -0.15) is 0 Å². The van der Waals surface area contributed by atoms with E-state index in [0.29, 0.717) is 12.8 Å². The van der Waals surface area contributed by atoms with Crippen LogP contribution in [0.1, 0.15) is 200 Å². The molecule has 15 atom stereocenters. The van der Waals surface area contributed by atoms with Gasteiger partial charge in [-0.3, -0.25) is 13.8 Å². The van der Waals surface area contributed by atoms with Gasteiger partial charge in [-0.05, 0) is 12.8 Å². The summed E-state index contributed by atoms with van der Waals surface area (Å²) >= 11 is 0. The Labute approximate surface area is 400 Å². The van der Waals surface area contributed by atoms with Crippen molar-refractivity contribution in [2.24, 2.45) is 0 Å². The van der Waals surface area contributed by atoms with Crippen molar-refractivity contribution in [3.05, 3.63) is 0 Å². The molecule has 0 bridgehead atoms. The second-order valence-electron chi connectivity index (χ2n) is 19.2. The number of rotatable bonds is 40. The van der Waals surface area contributed by atoms with Crippen LogP contribution in [0.3, 0.4) is 0 Å². The second-order valence-corrected chi connectivity index (χ2v) is 20.6. The average molecular weight is 988 g/mol. The third-order valence-electron chi connectivity index (χ3n) is 13.4. The summed E-state index contributed by atoms with van der Waals surface area (Å²) in [6.07, 6.45) is 5.81. The smallest absolute Gasteiger partial charge is 0.394 e. The fraction of sp³-hybridized carbons (Fsp3) is 0.979. The molecule has 1 saturated carbocycles. The quantitative estimate of drug-likeness (QED) is 0.0293. The zero-order valence-corrected chi connectivity index (χ0v) is 41.7. The minimum absolute atomic E-state index is 0.0902. The van der Waals surface area contributed by atoms with Crippen molar-refractivity contribution in [2.45, 2.75) is 286 Å². The zero-order valence-electron chi connectivity index (χ0n) is 40.8. The van der Waals surface area contributed by atoms with Crippen molar-refractivity contribution in [3.63, 3.8) is 0 Å². The molecule has 1 aliphatic heterocycles. The van der Waals surface area contributed by atoms with Crippen molar-refractivity contribution in [1.29, 1.82) is 0 Å². The maximum absolute atomic E-state index is 13.5. The molecule has 0 spiro atoms. The van der Waals surface area contributed by atoms with E-state index in [-0.39, 0.29) is 12.8 Å². The van der Waals surface area contributed by atoms with Crippen LogP contribution in [-0.4, -0.2) is 161 Å². The zero-order chi connectivity index (χ0) is 49.6. The second kappa shape index (κ2) is 36.1. The van der Waals surface area contributed by atoms with Crippen LogP contribution in [0.2, 0.25) is 0 Å². The number of ether oxygens (including phenoxy) is 2. The van der Waals surface area contributed by atoms with Gasteiger partial charge in [0, 0.05) is 6.42 Å². The third kappa shape index (κ3) is 24.4. The lowest BCUT2D eigenvalue weighted by Gasteiger charge is -2.47. The molecule has 0 aromatic carbocycles. The predicted octanol–water partition coefficient (Wildman–Crippen LogP) is 4.69. The molecule has 0 aromatic heterocycles. The first-order valence-electron chi connectivity index (χ1n) is 26.1. The van der Waals surface area contributed by atoms with Crippen LogP contribution in [0.15, 0.2) is 0 Å². The average Bonchev–Trinajstić information content (AvgIpc) is 3.31. The number of amides is 1. The molecule has 1 saturated heterocycles. The molecule has 7 unspecified atom stereocenters. The van der Waals surface area contributed by atoms with Crippen LogP contribution in [0.5, 0.6) is 0 Å². The summed E-state index contributed by atoms with van der Waals surface area (Å²) in [4.78, 5) is 24.1. The summed E-state index contributed by atoms with van der Waals surface area (Å²) in [6, 6.07) is -1.41. The molecule has 2 aliphatic rings. The molecule has 1 heterocycles. The lowest BCUT2D eigenvalue weighted by Crippen LogP contribution is -2.67. The van der Waals surface area contributed by atoms with Crippen LogP contribution >= 0.6 is 7.82 Å². The maximum atomic E-state index is 13.5. The number of phosphoric ester groups is 1. The molecule has 398 valence electrons. The first-order chi connectivity index (χ1) is 32.1. The number of aliphatic hydroxyl groups excluding tert-OH is 10. The Balaban J connectivity index is 1.99. The van der Waals surface area contributed by atoms with E-state index >= 15 is 0 Å². The first-order valence-corrected chi connectivity index (χ1v) is 27.6. The maximum Gasteiger partial charge on any atom is 0.472 e. The molecule has 2 rings (SSSR count). The van der Waals surface area contributed by atoms with Gasteiger partial charge in [0.1, 0.15) is 67.1 Å². The van der Waals surface area contributed by atoms with Crippen molar-refractivity contribution in [2.75, 3.05) is 13.2 Å². The van der Waals surface area contributed by atoms with E-state index in [0.717, 1.165) is 51.4 Å². The van der Waals surface area contributed by atoms with Crippen molar-refractivity contribution in [1.82, 2.24) is 5.32 Å². The topological polar surface area (TPSA) is 306 Å². The molecular formula is C48H94NO17P. The Morgan fingerprint density at radius 3 is 1.42 bits per heavy atom. The Morgan fingerprint density at radius 2 is 0.970 bits per heavy atom. The largest absolute Gasteiger partial charge is 0.472 e. The predicted molar refractivity (Wildman–Crippen MR) is 253 cm³/mol. The van der Waals surface area contributed by atoms with Crippen LogP contribution in [0, 0.1) is 0 Å². The van der Waals surface area contributed by atoms with Crippen LogP contribution in [0.25, 0.3) is 0 Å². The van der Waals surface area contributed by atoms with Crippen LogP contribution in [-0.2, 0) is 27.9 Å². The molecular weight excluding hydrogens is 893 g/mol. The summed E-state index contributed by atoms with van der Waals surface area (Å²) in [5, 5.41) is 108. The molecule has 19 heteroatoms. The SMILES string of the molecule is CCCCCCCCCCCCCCCCCC(=O)N[C@@H](COP(=O)(O)O[C@H]1C(O)C(O)C(O)[C@@H](O)C1O[C@H]1O[C@H](CO)[C@@H](O)C(O)C1O)[C@H](O)[C@H](O)CCCCCCCCCCCCCC. The summed E-state index contributed by atoms with van der Waals surface area (Å²) in [5.41, 5.74) is 0. The summed E-state index contributed by atoms with van der Waals surface area (Å²) in [7, 11) is -5.41. The first kappa shape index (κ1) is 62.2. The molecule has 2 fully saturated rings. The van der Waals surface area contributed by atoms with Crippen molar-refractivity contribution >= 4 is 13.7 Å². The van der Waals surface area contributed by atoms with Gasteiger partial charge in [0.25, 0.3) is 0 Å². The lowest BCUT2D eigenvalue weighted by molar-refractivity contribution is -0.338. The van der Waals surface area contributed by atoms with Gasteiger partial charge in [0.05, 0.1) is 25.4 Å². The van der Waals surface area contributed by atoms with Gasteiger partial charge in [0.2, 0.25) is 5.91 Å². The van der Waals surface area contributed by atoms with E-state index in [1.54, 1.807) is 0 Å². The molecule has 67 heavy (non-hydrogen) atoms. The van der Waals surface area contributed by atoms with E-state index in [9.17, 15) is 65.3 Å². The van der Waals surface area contributed by atoms with Gasteiger partial charge >= 0.3 is 7.82 Å². The normalized spacial score (nSPS) is 29.1. The molecule has 12 N–H and O–H groups in total. The number of hydrogen-bond donors (Lipinski definition) is 12.